The molecule has 0 aromatic rings. The monoisotopic (exact) mass is 252 g/mol. The summed E-state index contributed by atoms with van der Waals surface area (Å²) in [5, 5.41) is 8.72. The van der Waals surface area contributed by atoms with Crippen molar-refractivity contribution in [3.05, 3.63) is 0 Å². The molecule has 0 bridgehead atoms. The van der Waals surface area contributed by atoms with Crippen molar-refractivity contribution in [3.8, 4) is 0 Å². The minimum Gasteiger partial charge on any atom is -0.481 e. The lowest BCUT2D eigenvalue weighted by Gasteiger charge is -2.29. The van der Waals surface area contributed by atoms with Crippen molar-refractivity contribution in [3.63, 3.8) is 0 Å². The van der Waals surface area contributed by atoms with Gasteiger partial charge in [0.1, 0.15) is 0 Å². The van der Waals surface area contributed by atoms with Gasteiger partial charge < -0.3 is 5.11 Å². The number of rotatable bonds is 6. The summed E-state index contributed by atoms with van der Waals surface area (Å²) in [6.45, 7) is 7.28. The number of carboxylic acids is 1. The van der Waals surface area contributed by atoms with Crippen molar-refractivity contribution in [1.82, 2.24) is 9.44 Å². The molecule has 96 valence electrons. The first kappa shape index (κ1) is 15.3. The zero-order chi connectivity index (χ0) is 13.0. The maximum Gasteiger partial charge on any atom is 0.304 e. The van der Waals surface area contributed by atoms with Crippen LogP contribution in [0.1, 0.15) is 34.1 Å². The van der Waals surface area contributed by atoms with Crippen LogP contribution < -0.4 is 9.44 Å². The maximum atomic E-state index is 11.5. The van der Waals surface area contributed by atoms with Gasteiger partial charge in [0.15, 0.2) is 0 Å². The van der Waals surface area contributed by atoms with Crippen molar-refractivity contribution in [2.75, 3.05) is 6.54 Å². The first-order chi connectivity index (χ1) is 7.08. The molecule has 0 aromatic heterocycles. The van der Waals surface area contributed by atoms with Gasteiger partial charge in [0.25, 0.3) is 10.2 Å². The Balaban J connectivity index is 4.75. The molecule has 0 aliphatic carbocycles. The highest BCUT2D eigenvalue weighted by Gasteiger charge is 2.30. The lowest BCUT2D eigenvalue weighted by Crippen LogP contribution is -2.49. The Morgan fingerprint density at radius 3 is 2.19 bits per heavy atom. The molecule has 6 nitrogen and oxygen atoms in total. The molecule has 1 unspecified atom stereocenters. The topological polar surface area (TPSA) is 95.5 Å². The summed E-state index contributed by atoms with van der Waals surface area (Å²) >= 11 is 0. The van der Waals surface area contributed by atoms with Gasteiger partial charge in [-0.1, -0.05) is 27.7 Å². The van der Waals surface area contributed by atoms with Crippen LogP contribution in [0, 0.1) is 5.41 Å². The average Bonchev–Trinajstić information content (AvgIpc) is 1.99. The van der Waals surface area contributed by atoms with Gasteiger partial charge in [-0.15, -0.1) is 0 Å². The minimum absolute atomic E-state index is 0.242. The van der Waals surface area contributed by atoms with Gasteiger partial charge in [0.05, 0.1) is 6.42 Å². The normalized spacial score (nSPS) is 14.8. The van der Waals surface area contributed by atoms with Gasteiger partial charge in [-0.05, 0) is 5.41 Å². The van der Waals surface area contributed by atoms with E-state index in [1.165, 1.54) is 0 Å². The predicted octanol–water partition coefficient (Wildman–Crippen LogP) is 0.320. The number of carbonyl (C=O) groups is 1. The van der Waals surface area contributed by atoms with E-state index in [-0.39, 0.29) is 13.0 Å². The van der Waals surface area contributed by atoms with E-state index in [0.717, 1.165) is 0 Å². The highest BCUT2D eigenvalue weighted by Crippen LogP contribution is 2.22. The van der Waals surface area contributed by atoms with Crippen LogP contribution in [0.15, 0.2) is 0 Å². The second kappa shape index (κ2) is 5.60. The molecule has 0 rings (SSSR count). The highest BCUT2D eigenvalue weighted by atomic mass is 32.2. The van der Waals surface area contributed by atoms with E-state index >= 15 is 0 Å². The Labute approximate surface area is 96.6 Å². The van der Waals surface area contributed by atoms with E-state index in [0.29, 0.717) is 0 Å². The molecule has 1 atom stereocenters. The molecule has 0 aromatic carbocycles. The molecule has 0 saturated carbocycles. The minimum atomic E-state index is -3.62. The number of nitrogens with one attached hydrogen (secondary N) is 2. The van der Waals surface area contributed by atoms with Crippen molar-refractivity contribution in [2.45, 2.75) is 40.2 Å². The molecule has 16 heavy (non-hydrogen) atoms. The molecule has 0 amide bonds. The maximum absolute atomic E-state index is 11.5. The van der Waals surface area contributed by atoms with Crippen LogP contribution in [-0.2, 0) is 15.0 Å². The fraction of sp³-hybridized carbons (Fsp3) is 0.889. The number of hydrogen-bond acceptors (Lipinski definition) is 3. The third kappa shape index (κ3) is 6.04. The van der Waals surface area contributed by atoms with Gasteiger partial charge in [-0.25, -0.2) is 4.72 Å². The summed E-state index contributed by atoms with van der Waals surface area (Å²) in [6.07, 6.45) is -0.242. The van der Waals surface area contributed by atoms with E-state index in [4.69, 9.17) is 5.11 Å². The largest absolute Gasteiger partial charge is 0.481 e. The lowest BCUT2D eigenvalue weighted by molar-refractivity contribution is -0.138. The van der Waals surface area contributed by atoms with Crippen molar-refractivity contribution in [2.24, 2.45) is 5.41 Å². The molecule has 0 fully saturated rings. The predicted molar refractivity (Wildman–Crippen MR) is 61.2 cm³/mol. The Bertz CT molecular complexity index is 332. The van der Waals surface area contributed by atoms with Gasteiger partial charge in [0.2, 0.25) is 0 Å². The van der Waals surface area contributed by atoms with Crippen molar-refractivity contribution >= 4 is 16.2 Å². The second-order valence-corrected chi connectivity index (χ2v) is 6.17. The molecule has 0 heterocycles. The standard InChI is InChI=1S/C9H20N2O4S/c1-5-10-16(14,15)11-7(6-8(12)13)9(2,3)4/h7,10-11H,5-6H2,1-4H3,(H,12,13). The molecule has 7 heteroatoms. The third-order valence-corrected chi connectivity index (χ3v) is 3.32. The third-order valence-electron chi connectivity index (χ3n) is 2.06. The summed E-state index contributed by atoms with van der Waals surface area (Å²) in [5.41, 5.74) is -0.457. The van der Waals surface area contributed by atoms with Crippen LogP contribution in [0.4, 0.5) is 0 Å². The number of carboxylic acid groups (broad SMARTS) is 1. The van der Waals surface area contributed by atoms with Gasteiger partial charge in [-0.3, -0.25) is 4.79 Å². The molecular weight excluding hydrogens is 232 g/mol. The van der Waals surface area contributed by atoms with Crippen LogP contribution in [0.2, 0.25) is 0 Å². The van der Waals surface area contributed by atoms with E-state index < -0.39 is 27.6 Å². The first-order valence-electron chi connectivity index (χ1n) is 5.07. The smallest absolute Gasteiger partial charge is 0.304 e. The summed E-state index contributed by atoms with van der Waals surface area (Å²) < 4.78 is 27.5. The molecule has 3 N–H and O–H groups in total. The fourth-order valence-electron chi connectivity index (χ4n) is 1.12. The zero-order valence-electron chi connectivity index (χ0n) is 10.1. The molecule has 0 aliphatic rings. The van der Waals surface area contributed by atoms with Crippen molar-refractivity contribution < 1.29 is 18.3 Å². The number of aliphatic carboxylic acids is 1. The van der Waals surface area contributed by atoms with Gasteiger partial charge in [-0.2, -0.15) is 13.1 Å². The molecule has 0 saturated heterocycles. The van der Waals surface area contributed by atoms with Crippen molar-refractivity contribution in [1.29, 1.82) is 0 Å². The summed E-state index contributed by atoms with van der Waals surface area (Å²) in [5.74, 6) is -1.03. The van der Waals surface area contributed by atoms with E-state index in [9.17, 15) is 13.2 Å². The van der Waals surface area contributed by atoms with Crippen LogP contribution in [-0.4, -0.2) is 32.1 Å². The zero-order valence-corrected chi connectivity index (χ0v) is 10.9. The average molecular weight is 252 g/mol. The Morgan fingerprint density at radius 2 is 1.88 bits per heavy atom. The Morgan fingerprint density at radius 1 is 1.38 bits per heavy atom. The molecule has 0 radical (unpaired) electrons. The summed E-state index contributed by atoms with van der Waals surface area (Å²) in [6, 6.07) is -0.644. The highest BCUT2D eigenvalue weighted by molar-refractivity contribution is 7.87. The quantitative estimate of drug-likeness (QED) is 0.634. The second-order valence-electron chi connectivity index (χ2n) is 4.64. The summed E-state index contributed by atoms with van der Waals surface area (Å²) in [7, 11) is -3.62. The molecular formula is C9H20N2O4S. The van der Waals surface area contributed by atoms with Gasteiger partial charge >= 0.3 is 5.97 Å². The van der Waals surface area contributed by atoms with Crippen LogP contribution in [0.25, 0.3) is 0 Å². The molecule has 0 spiro atoms. The Hall–Kier alpha value is -0.660. The van der Waals surface area contributed by atoms with Crippen LogP contribution >= 0.6 is 0 Å². The van der Waals surface area contributed by atoms with Crippen LogP contribution in [0.3, 0.4) is 0 Å². The van der Waals surface area contributed by atoms with Gasteiger partial charge in [0, 0.05) is 12.6 Å². The van der Waals surface area contributed by atoms with E-state index in [1.807, 2.05) is 0 Å². The fourth-order valence-corrected chi connectivity index (χ4v) is 2.39. The van der Waals surface area contributed by atoms with E-state index in [1.54, 1.807) is 27.7 Å². The number of hydrogen-bond donors (Lipinski definition) is 3. The Kier molecular flexibility index (Phi) is 5.37. The van der Waals surface area contributed by atoms with Crippen LogP contribution in [0.5, 0.6) is 0 Å². The summed E-state index contributed by atoms with van der Waals surface area (Å²) in [4.78, 5) is 10.6. The van der Waals surface area contributed by atoms with E-state index in [2.05, 4.69) is 9.44 Å². The SMILES string of the molecule is CCNS(=O)(=O)NC(CC(=O)O)C(C)(C)C. The molecule has 0 aliphatic heterocycles. The first-order valence-corrected chi connectivity index (χ1v) is 6.55. The lowest BCUT2D eigenvalue weighted by atomic mass is 9.85.